The van der Waals surface area contributed by atoms with Gasteiger partial charge in [-0.15, -0.1) is 0 Å². The van der Waals surface area contributed by atoms with E-state index in [9.17, 15) is 0 Å². The Kier molecular flexibility index (Phi) is 4.90. The van der Waals surface area contributed by atoms with E-state index >= 15 is 0 Å². The molecule has 0 spiro atoms. The topological polar surface area (TPSA) is 30.4 Å². The standard InChI is InChI=1S/C10H15BN2O.C2H6/c1-12-10-13(2)8-5-3-4-7(11)6-9(8)14-10;1-2/h7H,3-6H2,1-2H3;1-2H3. The van der Waals surface area contributed by atoms with E-state index in [1.807, 2.05) is 25.5 Å². The van der Waals surface area contributed by atoms with Crippen molar-refractivity contribution in [2.45, 2.75) is 45.3 Å². The lowest BCUT2D eigenvalue weighted by Gasteiger charge is -2.03. The first kappa shape index (κ1) is 13.1. The van der Waals surface area contributed by atoms with Gasteiger partial charge in [0.25, 0.3) is 5.68 Å². The Bertz CT molecular complexity index is 392. The first-order valence-electron chi connectivity index (χ1n) is 6.08. The van der Waals surface area contributed by atoms with Gasteiger partial charge >= 0.3 is 0 Å². The number of rotatable bonds is 0. The molecule has 1 aromatic rings. The fourth-order valence-corrected chi connectivity index (χ4v) is 2.07. The Hall–Kier alpha value is -0.925. The van der Waals surface area contributed by atoms with Crippen LogP contribution >= 0.6 is 0 Å². The van der Waals surface area contributed by atoms with Gasteiger partial charge in [0.1, 0.15) is 5.76 Å². The van der Waals surface area contributed by atoms with Crippen molar-refractivity contribution >= 4 is 7.85 Å². The molecule has 0 saturated carbocycles. The minimum atomic E-state index is 0.243. The van der Waals surface area contributed by atoms with Crippen LogP contribution in [0.5, 0.6) is 0 Å². The van der Waals surface area contributed by atoms with Gasteiger partial charge in [0.2, 0.25) is 0 Å². The summed E-state index contributed by atoms with van der Waals surface area (Å²) in [6, 6.07) is 0. The van der Waals surface area contributed by atoms with Crippen LogP contribution < -0.4 is 5.68 Å². The molecule has 2 rings (SSSR count). The van der Waals surface area contributed by atoms with Crippen LogP contribution in [0.4, 0.5) is 0 Å². The van der Waals surface area contributed by atoms with Gasteiger partial charge in [-0.3, -0.25) is 4.57 Å². The van der Waals surface area contributed by atoms with Crippen LogP contribution in [0.2, 0.25) is 5.82 Å². The van der Waals surface area contributed by atoms with Crippen molar-refractivity contribution in [3.05, 3.63) is 17.1 Å². The fraction of sp³-hybridized carbons (Fsp3) is 0.750. The van der Waals surface area contributed by atoms with Crippen LogP contribution in [0.1, 0.15) is 38.1 Å². The molecular formula is C12H21BN2O. The molecule has 0 aliphatic heterocycles. The second-order valence-corrected chi connectivity index (χ2v) is 3.89. The van der Waals surface area contributed by atoms with Crippen molar-refractivity contribution in [2.24, 2.45) is 12.0 Å². The summed E-state index contributed by atoms with van der Waals surface area (Å²) in [6.45, 7) is 4.00. The number of oxazole rings is 1. The van der Waals surface area contributed by atoms with Crippen molar-refractivity contribution in [1.82, 2.24) is 4.57 Å². The molecule has 1 aromatic heterocycles. The number of nitrogens with zero attached hydrogens (tertiary/aromatic N) is 2. The van der Waals surface area contributed by atoms with E-state index < -0.39 is 0 Å². The maximum atomic E-state index is 5.95. The monoisotopic (exact) mass is 220 g/mol. The van der Waals surface area contributed by atoms with Gasteiger partial charge in [0.15, 0.2) is 0 Å². The number of hydrogen-bond acceptors (Lipinski definition) is 2. The first-order valence-corrected chi connectivity index (χ1v) is 6.08. The van der Waals surface area contributed by atoms with Gasteiger partial charge in [-0.2, -0.15) is 0 Å². The first-order chi connectivity index (χ1) is 7.72. The average Bonchev–Trinajstić information content (AvgIpc) is 2.49. The summed E-state index contributed by atoms with van der Waals surface area (Å²) in [7, 11) is 9.70. The van der Waals surface area contributed by atoms with Gasteiger partial charge < -0.3 is 4.42 Å². The molecule has 0 aromatic carbocycles. The summed E-state index contributed by atoms with van der Waals surface area (Å²) in [4.78, 5) is 4.09. The van der Waals surface area contributed by atoms with E-state index in [1.165, 1.54) is 5.69 Å². The van der Waals surface area contributed by atoms with E-state index in [4.69, 9.17) is 12.3 Å². The van der Waals surface area contributed by atoms with E-state index in [-0.39, 0.29) is 5.82 Å². The molecule has 1 unspecified atom stereocenters. The number of aromatic nitrogens is 1. The van der Waals surface area contributed by atoms with E-state index in [2.05, 4.69) is 4.99 Å². The minimum Gasteiger partial charge on any atom is -0.428 e. The van der Waals surface area contributed by atoms with Gasteiger partial charge in [-0.1, -0.05) is 26.1 Å². The van der Waals surface area contributed by atoms with E-state index in [1.54, 1.807) is 7.05 Å². The predicted molar refractivity (Wildman–Crippen MR) is 66.7 cm³/mol. The summed E-state index contributed by atoms with van der Waals surface area (Å²) in [5.41, 5.74) is 1.96. The molecule has 3 nitrogen and oxygen atoms in total. The molecule has 1 aliphatic carbocycles. The molecule has 1 aliphatic rings. The zero-order valence-corrected chi connectivity index (χ0v) is 10.8. The Morgan fingerprint density at radius 3 is 2.75 bits per heavy atom. The van der Waals surface area contributed by atoms with E-state index in [0.29, 0.717) is 5.68 Å². The summed E-state index contributed by atoms with van der Waals surface area (Å²) >= 11 is 0. The summed E-state index contributed by atoms with van der Waals surface area (Å²) in [6.07, 6.45) is 4.13. The highest BCUT2D eigenvalue weighted by Crippen LogP contribution is 2.24. The predicted octanol–water partition coefficient (Wildman–Crippen LogP) is 2.01. The third-order valence-corrected chi connectivity index (χ3v) is 2.86. The second-order valence-electron chi connectivity index (χ2n) is 3.89. The SMILES string of the molecule is CC.[B]C1CCCc2c(oc(=NC)n2C)C1. The van der Waals surface area contributed by atoms with Crippen LogP contribution in [0, 0.1) is 0 Å². The zero-order chi connectivity index (χ0) is 12.1. The molecule has 1 heterocycles. The van der Waals surface area contributed by atoms with Gasteiger partial charge in [-0.05, 0) is 12.8 Å². The largest absolute Gasteiger partial charge is 0.428 e. The highest BCUT2D eigenvalue weighted by Gasteiger charge is 2.18. The Morgan fingerprint density at radius 2 is 2.12 bits per heavy atom. The molecule has 1 atom stereocenters. The Labute approximate surface area is 99.0 Å². The second kappa shape index (κ2) is 5.97. The Balaban J connectivity index is 0.000000606. The molecular weight excluding hydrogens is 199 g/mol. The Morgan fingerprint density at radius 1 is 1.44 bits per heavy atom. The molecule has 0 saturated heterocycles. The minimum absolute atomic E-state index is 0.243. The normalized spacial score (nSPS) is 20.8. The fourth-order valence-electron chi connectivity index (χ4n) is 2.07. The highest BCUT2D eigenvalue weighted by molar-refractivity contribution is 6.11. The molecule has 88 valence electrons. The zero-order valence-electron chi connectivity index (χ0n) is 10.8. The molecule has 0 amide bonds. The van der Waals surface area contributed by atoms with E-state index in [0.717, 1.165) is 31.4 Å². The van der Waals surface area contributed by atoms with Crippen molar-refractivity contribution in [2.75, 3.05) is 7.05 Å². The summed E-state index contributed by atoms with van der Waals surface area (Å²) < 4.78 is 7.69. The summed E-state index contributed by atoms with van der Waals surface area (Å²) in [5, 5.41) is 0. The molecule has 0 bridgehead atoms. The maximum Gasteiger partial charge on any atom is 0.296 e. The van der Waals surface area contributed by atoms with Crippen LogP contribution in [0.25, 0.3) is 0 Å². The lowest BCUT2D eigenvalue weighted by Crippen LogP contribution is -2.14. The molecule has 16 heavy (non-hydrogen) atoms. The molecule has 0 fully saturated rings. The lowest BCUT2D eigenvalue weighted by molar-refractivity contribution is 0.434. The number of fused-ring (bicyclic) bond motifs is 1. The van der Waals surface area contributed by atoms with Crippen LogP contribution in [-0.2, 0) is 19.9 Å². The smallest absolute Gasteiger partial charge is 0.296 e. The van der Waals surface area contributed by atoms with Gasteiger partial charge in [0, 0.05) is 20.5 Å². The molecule has 0 N–H and O–H groups in total. The average molecular weight is 220 g/mol. The number of hydrogen-bond donors (Lipinski definition) is 0. The van der Waals surface area contributed by atoms with Gasteiger partial charge in [0.05, 0.1) is 13.5 Å². The van der Waals surface area contributed by atoms with Crippen molar-refractivity contribution in [1.29, 1.82) is 0 Å². The van der Waals surface area contributed by atoms with Gasteiger partial charge in [-0.25, -0.2) is 4.99 Å². The van der Waals surface area contributed by atoms with Crippen LogP contribution in [-0.4, -0.2) is 19.5 Å². The van der Waals surface area contributed by atoms with Crippen LogP contribution in [0.3, 0.4) is 0 Å². The van der Waals surface area contributed by atoms with Crippen LogP contribution in [0.15, 0.2) is 9.41 Å². The molecule has 4 heteroatoms. The lowest BCUT2D eigenvalue weighted by atomic mass is 9.81. The third-order valence-electron chi connectivity index (χ3n) is 2.86. The maximum absolute atomic E-state index is 5.95. The summed E-state index contributed by atoms with van der Waals surface area (Å²) in [5.74, 6) is 1.27. The quantitative estimate of drug-likeness (QED) is 0.486. The molecule has 2 radical (unpaired) electrons. The van der Waals surface area contributed by atoms with Crippen molar-refractivity contribution < 1.29 is 4.42 Å². The third kappa shape index (κ3) is 2.60. The van der Waals surface area contributed by atoms with Crippen molar-refractivity contribution in [3.63, 3.8) is 0 Å². The highest BCUT2D eigenvalue weighted by atomic mass is 16.4. The van der Waals surface area contributed by atoms with Crippen molar-refractivity contribution in [3.8, 4) is 0 Å².